The van der Waals surface area contributed by atoms with Gasteiger partial charge in [-0.2, -0.15) is 5.10 Å². The molecule has 1 atom stereocenters. The molecular formula is C15H14BrN3O4. The van der Waals surface area contributed by atoms with Gasteiger partial charge >= 0.3 is 5.97 Å². The summed E-state index contributed by atoms with van der Waals surface area (Å²) in [6, 6.07) is 5.76. The standard InChI is InChI=1S/C15H14BrN3O4/c1-18-13(10(16)8-17-18)14(20)19-6-7-23-11-5-3-2-4-9(11)12(19)15(21)22/h2-5,8,12H,6-7H2,1H3,(H,21,22). The maximum atomic E-state index is 12.9. The van der Waals surface area contributed by atoms with Gasteiger partial charge in [-0.3, -0.25) is 9.48 Å². The molecule has 1 aliphatic rings. The van der Waals surface area contributed by atoms with E-state index < -0.39 is 17.9 Å². The van der Waals surface area contributed by atoms with E-state index in [1.807, 2.05) is 0 Å². The number of amides is 1. The molecule has 0 saturated heterocycles. The molecule has 8 heteroatoms. The van der Waals surface area contributed by atoms with Gasteiger partial charge in [0.1, 0.15) is 18.1 Å². The molecule has 1 aliphatic heterocycles. The number of carboxylic acids is 1. The van der Waals surface area contributed by atoms with E-state index in [1.165, 1.54) is 15.8 Å². The van der Waals surface area contributed by atoms with E-state index in [4.69, 9.17) is 4.74 Å². The molecule has 120 valence electrons. The minimum Gasteiger partial charge on any atom is -0.491 e. The number of fused-ring (bicyclic) bond motifs is 1. The van der Waals surface area contributed by atoms with Crippen molar-refractivity contribution in [2.24, 2.45) is 7.05 Å². The highest BCUT2D eigenvalue weighted by atomic mass is 79.9. The van der Waals surface area contributed by atoms with Gasteiger partial charge in [-0.05, 0) is 22.0 Å². The van der Waals surface area contributed by atoms with Crippen molar-refractivity contribution in [2.45, 2.75) is 6.04 Å². The first-order valence-corrected chi connectivity index (χ1v) is 7.73. The second-order valence-electron chi connectivity index (χ2n) is 5.09. The van der Waals surface area contributed by atoms with Crippen LogP contribution in [0.5, 0.6) is 5.75 Å². The number of halogens is 1. The highest BCUT2D eigenvalue weighted by Gasteiger charge is 2.37. The summed E-state index contributed by atoms with van der Waals surface area (Å²) in [5.41, 5.74) is 0.764. The number of hydrogen-bond donors (Lipinski definition) is 1. The van der Waals surface area contributed by atoms with Crippen LogP contribution >= 0.6 is 15.9 Å². The van der Waals surface area contributed by atoms with Crippen LogP contribution in [0.1, 0.15) is 22.1 Å². The molecule has 1 N–H and O–H groups in total. The first-order valence-electron chi connectivity index (χ1n) is 6.93. The third kappa shape index (κ3) is 2.70. The van der Waals surface area contributed by atoms with Crippen molar-refractivity contribution in [2.75, 3.05) is 13.2 Å². The van der Waals surface area contributed by atoms with Crippen molar-refractivity contribution in [3.63, 3.8) is 0 Å². The number of benzene rings is 1. The third-order valence-electron chi connectivity index (χ3n) is 3.71. The Hall–Kier alpha value is -2.35. The number of carbonyl (C=O) groups excluding carboxylic acids is 1. The molecule has 0 radical (unpaired) electrons. The van der Waals surface area contributed by atoms with Gasteiger partial charge in [-0.1, -0.05) is 18.2 Å². The van der Waals surface area contributed by atoms with Gasteiger partial charge in [0.25, 0.3) is 5.91 Å². The second-order valence-corrected chi connectivity index (χ2v) is 5.94. The molecule has 3 rings (SSSR count). The van der Waals surface area contributed by atoms with Crippen LogP contribution in [0.3, 0.4) is 0 Å². The molecule has 0 aliphatic carbocycles. The molecule has 1 unspecified atom stereocenters. The van der Waals surface area contributed by atoms with Crippen molar-refractivity contribution in [3.05, 3.63) is 46.2 Å². The molecule has 0 spiro atoms. The maximum Gasteiger partial charge on any atom is 0.331 e. The lowest BCUT2D eigenvalue weighted by Gasteiger charge is -2.26. The number of carboxylic acid groups (broad SMARTS) is 1. The third-order valence-corrected chi connectivity index (χ3v) is 4.29. The zero-order valence-corrected chi connectivity index (χ0v) is 13.9. The average molecular weight is 380 g/mol. The second kappa shape index (κ2) is 6.04. The van der Waals surface area contributed by atoms with Gasteiger partial charge < -0.3 is 14.7 Å². The Morgan fingerprint density at radius 1 is 1.39 bits per heavy atom. The van der Waals surface area contributed by atoms with Crippen molar-refractivity contribution in [3.8, 4) is 5.75 Å². The van der Waals surface area contributed by atoms with E-state index in [1.54, 1.807) is 31.3 Å². The van der Waals surface area contributed by atoms with Crippen molar-refractivity contribution < 1.29 is 19.4 Å². The van der Waals surface area contributed by atoms with Gasteiger partial charge in [0.15, 0.2) is 6.04 Å². The summed E-state index contributed by atoms with van der Waals surface area (Å²) in [5.74, 6) is -1.03. The van der Waals surface area contributed by atoms with Gasteiger partial charge in [0.2, 0.25) is 0 Å². The lowest BCUT2D eigenvalue weighted by molar-refractivity contribution is -0.142. The summed E-state index contributed by atoms with van der Waals surface area (Å²) in [6.45, 7) is 0.393. The van der Waals surface area contributed by atoms with Gasteiger partial charge in [-0.25, -0.2) is 4.79 Å². The summed E-state index contributed by atoms with van der Waals surface area (Å²) >= 11 is 3.28. The molecule has 23 heavy (non-hydrogen) atoms. The lowest BCUT2D eigenvalue weighted by atomic mass is 10.0. The van der Waals surface area contributed by atoms with E-state index in [2.05, 4.69) is 21.0 Å². The SMILES string of the molecule is Cn1ncc(Br)c1C(=O)N1CCOc2ccccc2C1C(=O)O. The van der Waals surface area contributed by atoms with E-state index in [0.717, 1.165) is 0 Å². The van der Waals surface area contributed by atoms with E-state index in [-0.39, 0.29) is 13.2 Å². The van der Waals surface area contributed by atoms with Crippen LogP contribution < -0.4 is 4.74 Å². The van der Waals surface area contributed by atoms with Crippen LogP contribution in [0.4, 0.5) is 0 Å². The van der Waals surface area contributed by atoms with Gasteiger partial charge in [0, 0.05) is 12.6 Å². The van der Waals surface area contributed by atoms with Crippen molar-refractivity contribution in [1.29, 1.82) is 0 Å². The van der Waals surface area contributed by atoms with E-state index in [9.17, 15) is 14.7 Å². The number of nitrogens with zero attached hydrogens (tertiary/aromatic N) is 3. The average Bonchev–Trinajstić information content (AvgIpc) is 2.74. The van der Waals surface area contributed by atoms with Crippen LogP contribution in [0.15, 0.2) is 34.9 Å². The molecular weight excluding hydrogens is 366 g/mol. The number of para-hydroxylation sites is 1. The molecule has 1 aromatic heterocycles. The van der Waals surface area contributed by atoms with Gasteiger partial charge in [0.05, 0.1) is 17.2 Å². The number of aliphatic carboxylic acids is 1. The Bertz CT molecular complexity index is 754. The Morgan fingerprint density at radius 3 is 2.78 bits per heavy atom. The molecule has 1 aromatic carbocycles. The fourth-order valence-electron chi connectivity index (χ4n) is 2.66. The fourth-order valence-corrected chi connectivity index (χ4v) is 3.18. The topological polar surface area (TPSA) is 84.7 Å². The number of aryl methyl sites for hydroxylation is 1. The largest absolute Gasteiger partial charge is 0.491 e. The monoisotopic (exact) mass is 379 g/mol. The lowest BCUT2D eigenvalue weighted by Crippen LogP contribution is -2.40. The predicted molar refractivity (Wildman–Crippen MR) is 84.3 cm³/mol. The molecule has 0 bridgehead atoms. The molecule has 2 heterocycles. The molecule has 0 saturated carbocycles. The minimum absolute atomic E-state index is 0.169. The quantitative estimate of drug-likeness (QED) is 0.860. The van der Waals surface area contributed by atoms with Crippen LogP contribution in [0.25, 0.3) is 0 Å². The first-order chi connectivity index (χ1) is 11.0. The number of ether oxygens (including phenoxy) is 1. The molecule has 0 fully saturated rings. The normalized spacial score (nSPS) is 17.1. The van der Waals surface area contributed by atoms with Crippen LogP contribution in [-0.2, 0) is 11.8 Å². The Kier molecular flexibility index (Phi) is 4.08. The fraction of sp³-hybridized carbons (Fsp3) is 0.267. The number of hydrogen-bond acceptors (Lipinski definition) is 4. The summed E-state index contributed by atoms with van der Waals surface area (Å²) in [6.07, 6.45) is 1.51. The number of carbonyl (C=O) groups is 2. The highest BCUT2D eigenvalue weighted by molar-refractivity contribution is 9.10. The summed E-state index contributed by atoms with van der Waals surface area (Å²) < 4.78 is 7.54. The minimum atomic E-state index is -1.11. The summed E-state index contributed by atoms with van der Waals surface area (Å²) in [5, 5.41) is 13.7. The molecule has 2 aromatic rings. The van der Waals surface area contributed by atoms with Crippen LogP contribution in [0, 0.1) is 0 Å². The first kappa shape index (κ1) is 15.5. The Balaban J connectivity index is 2.07. The Labute approximate surface area is 140 Å². The van der Waals surface area contributed by atoms with Crippen LogP contribution in [-0.4, -0.2) is 44.8 Å². The summed E-state index contributed by atoms with van der Waals surface area (Å²) in [4.78, 5) is 26.0. The molecule has 7 nitrogen and oxygen atoms in total. The van der Waals surface area contributed by atoms with E-state index in [0.29, 0.717) is 21.5 Å². The highest BCUT2D eigenvalue weighted by Crippen LogP contribution is 2.33. The predicted octanol–water partition coefficient (Wildman–Crippen LogP) is 1.84. The number of aromatic nitrogens is 2. The Morgan fingerprint density at radius 2 is 2.13 bits per heavy atom. The maximum absolute atomic E-state index is 12.9. The summed E-state index contributed by atoms with van der Waals surface area (Å²) in [7, 11) is 1.63. The zero-order valence-electron chi connectivity index (χ0n) is 12.3. The number of rotatable bonds is 2. The van der Waals surface area contributed by atoms with Crippen LogP contribution in [0.2, 0.25) is 0 Å². The van der Waals surface area contributed by atoms with Gasteiger partial charge in [-0.15, -0.1) is 0 Å². The van der Waals surface area contributed by atoms with Crippen molar-refractivity contribution in [1.82, 2.24) is 14.7 Å². The van der Waals surface area contributed by atoms with E-state index >= 15 is 0 Å². The smallest absolute Gasteiger partial charge is 0.331 e. The van der Waals surface area contributed by atoms with Crippen molar-refractivity contribution >= 4 is 27.8 Å². The molecule has 1 amide bonds. The zero-order chi connectivity index (χ0) is 16.6.